The Morgan fingerprint density at radius 2 is 1.85 bits per heavy atom. The van der Waals surface area contributed by atoms with Gasteiger partial charge in [0.15, 0.2) is 23.5 Å². The second-order valence-corrected chi connectivity index (χ2v) is 12.2. The third-order valence-corrected chi connectivity index (χ3v) is 6.31. The molecule has 112 valence electrons. The third kappa shape index (κ3) is 1.72. The predicted molar refractivity (Wildman–Crippen MR) is 74.9 cm³/mol. The van der Waals surface area contributed by atoms with E-state index in [1.165, 1.54) is 0 Å². The van der Waals surface area contributed by atoms with E-state index in [-0.39, 0.29) is 11.9 Å². The average Bonchev–Trinajstić information content (AvgIpc) is 2.76. The zero-order valence-electron chi connectivity index (χ0n) is 12.9. The van der Waals surface area contributed by atoms with Crippen LogP contribution in [0.3, 0.4) is 0 Å². The normalized spacial score (nSPS) is 42.6. The van der Waals surface area contributed by atoms with Gasteiger partial charge in [-0.05, 0) is 25.1 Å². The monoisotopic (exact) mass is 298 g/mol. The van der Waals surface area contributed by atoms with Crippen molar-refractivity contribution in [2.45, 2.75) is 63.4 Å². The molecule has 2 saturated heterocycles. The zero-order chi connectivity index (χ0) is 14.9. The van der Waals surface area contributed by atoms with Gasteiger partial charge in [0.1, 0.15) is 12.2 Å². The molecule has 0 bridgehead atoms. The molecule has 3 unspecified atom stereocenters. The summed E-state index contributed by atoms with van der Waals surface area (Å²) in [6.45, 7) is 10.3. The van der Waals surface area contributed by atoms with Crippen molar-refractivity contribution in [3.63, 3.8) is 0 Å². The number of carbonyl (C=O) groups is 1. The lowest BCUT2D eigenvalue weighted by Gasteiger charge is -2.45. The van der Waals surface area contributed by atoms with Gasteiger partial charge in [-0.2, -0.15) is 0 Å². The Bertz CT molecular complexity index is 492. The number of hydrogen-bond acceptors (Lipinski definition) is 5. The Morgan fingerprint density at radius 3 is 2.35 bits per heavy atom. The number of rotatable bonds is 2. The van der Waals surface area contributed by atoms with Crippen molar-refractivity contribution in [1.82, 2.24) is 0 Å². The van der Waals surface area contributed by atoms with Crippen molar-refractivity contribution in [2.24, 2.45) is 0 Å². The summed E-state index contributed by atoms with van der Waals surface area (Å²) in [6, 6.07) is 0. The predicted octanol–water partition coefficient (Wildman–Crippen LogP) is 1.63. The van der Waals surface area contributed by atoms with Crippen molar-refractivity contribution in [3.8, 4) is 0 Å². The summed E-state index contributed by atoms with van der Waals surface area (Å²) in [4.78, 5) is 12.4. The molecule has 1 spiro atoms. The highest BCUT2D eigenvalue weighted by Gasteiger charge is 2.71. The summed E-state index contributed by atoms with van der Waals surface area (Å²) >= 11 is 0. The highest BCUT2D eigenvalue weighted by atomic mass is 28.3. The fourth-order valence-electron chi connectivity index (χ4n) is 3.39. The molecule has 3 rings (SSSR count). The Hall–Kier alpha value is -0.533. The van der Waals surface area contributed by atoms with Crippen LogP contribution >= 0.6 is 0 Å². The summed E-state index contributed by atoms with van der Waals surface area (Å²) in [6.07, 6.45) is 0.377. The first-order valence-corrected chi connectivity index (χ1v) is 10.5. The molecule has 2 fully saturated rings. The smallest absolute Gasteiger partial charge is 0.193 e. The van der Waals surface area contributed by atoms with E-state index in [4.69, 9.17) is 18.9 Å². The van der Waals surface area contributed by atoms with E-state index in [1.54, 1.807) is 13.2 Å². The van der Waals surface area contributed by atoms with Gasteiger partial charge in [0, 0.05) is 7.11 Å². The van der Waals surface area contributed by atoms with Crippen LogP contribution in [0.25, 0.3) is 0 Å². The van der Waals surface area contributed by atoms with Crippen molar-refractivity contribution >= 4 is 13.9 Å². The third-order valence-electron chi connectivity index (χ3n) is 4.18. The molecule has 0 amide bonds. The zero-order valence-corrected chi connectivity index (χ0v) is 13.9. The molecule has 6 heteroatoms. The number of hydrogen-bond donors (Lipinski definition) is 0. The van der Waals surface area contributed by atoms with E-state index in [2.05, 4.69) is 19.6 Å². The van der Waals surface area contributed by atoms with Crippen molar-refractivity contribution in [3.05, 3.63) is 11.3 Å². The lowest BCUT2D eigenvalue weighted by molar-refractivity contribution is -0.240. The molecule has 0 N–H and O–H groups in total. The van der Waals surface area contributed by atoms with Gasteiger partial charge >= 0.3 is 0 Å². The van der Waals surface area contributed by atoms with Crippen LogP contribution in [0, 0.1) is 0 Å². The van der Waals surface area contributed by atoms with Crippen LogP contribution < -0.4 is 0 Å². The first kappa shape index (κ1) is 14.4. The summed E-state index contributed by atoms with van der Waals surface area (Å²) in [7, 11) is -0.111. The van der Waals surface area contributed by atoms with Crippen LogP contribution in [-0.2, 0) is 23.7 Å². The first-order valence-electron chi connectivity index (χ1n) is 6.95. The second kappa shape index (κ2) is 4.01. The Morgan fingerprint density at radius 1 is 1.20 bits per heavy atom. The van der Waals surface area contributed by atoms with Gasteiger partial charge in [-0.25, -0.2) is 0 Å². The molecule has 4 atom stereocenters. The molecule has 2 heterocycles. The van der Waals surface area contributed by atoms with Gasteiger partial charge in [-0.15, -0.1) is 0 Å². The van der Waals surface area contributed by atoms with Gasteiger partial charge in [-0.3, -0.25) is 4.79 Å². The summed E-state index contributed by atoms with van der Waals surface area (Å²) in [5.41, 5.74) is -0.983. The minimum Gasteiger partial charge on any atom is -0.353 e. The standard InChI is InChI=1S/C14H22O5Si/c1-13(2)17-10-11(18-13)14(19-12(10)16-3)8(15)7-9(14)20(4,5)6/h7,10-12H,1-6H3/t10?,11?,12?,14-/m0/s1. The lowest BCUT2D eigenvalue weighted by atomic mass is 9.81. The van der Waals surface area contributed by atoms with Crippen LogP contribution in [0.4, 0.5) is 0 Å². The average molecular weight is 298 g/mol. The fourth-order valence-corrected chi connectivity index (χ4v) is 5.39. The van der Waals surface area contributed by atoms with Crippen LogP contribution in [0.1, 0.15) is 13.8 Å². The molecule has 2 aliphatic heterocycles. The van der Waals surface area contributed by atoms with Gasteiger partial charge in [0.2, 0.25) is 0 Å². The highest BCUT2D eigenvalue weighted by molar-refractivity contribution is 6.85. The van der Waals surface area contributed by atoms with Crippen LogP contribution in [0.5, 0.6) is 0 Å². The van der Waals surface area contributed by atoms with Crippen LogP contribution in [0.2, 0.25) is 19.6 Å². The molecular formula is C14H22O5Si. The van der Waals surface area contributed by atoms with Gasteiger partial charge in [0.05, 0.1) is 8.07 Å². The minimum absolute atomic E-state index is 0.0224. The van der Waals surface area contributed by atoms with Gasteiger partial charge < -0.3 is 18.9 Å². The van der Waals surface area contributed by atoms with E-state index >= 15 is 0 Å². The van der Waals surface area contributed by atoms with Crippen molar-refractivity contribution in [2.75, 3.05) is 7.11 Å². The molecule has 1 aliphatic carbocycles. The summed E-state index contributed by atoms with van der Waals surface area (Å²) in [5.74, 6) is -0.741. The quantitative estimate of drug-likeness (QED) is 0.725. The number of ether oxygens (including phenoxy) is 4. The lowest BCUT2D eigenvalue weighted by Crippen LogP contribution is -2.61. The summed E-state index contributed by atoms with van der Waals surface area (Å²) < 4.78 is 23.2. The Labute approximate surface area is 120 Å². The van der Waals surface area contributed by atoms with E-state index in [1.807, 2.05) is 13.8 Å². The van der Waals surface area contributed by atoms with Gasteiger partial charge in [0.25, 0.3) is 0 Å². The maximum Gasteiger partial charge on any atom is 0.193 e. The van der Waals surface area contributed by atoms with E-state index < -0.39 is 31.9 Å². The van der Waals surface area contributed by atoms with Crippen molar-refractivity contribution in [1.29, 1.82) is 0 Å². The molecule has 3 aliphatic rings. The largest absolute Gasteiger partial charge is 0.353 e. The minimum atomic E-state index is -1.68. The first-order chi connectivity index (χ1) is 9.12. The van der Waals surface area contributed by atoms with Crippen molar-refractivity contribution < 1.29 is 23.7 Å². The number of carbonyl (C=O) groups excluding carboxylic acids is 1. The molecule has 0 aromatic heterocycles. The second-order valence-electron chi connectivity index (χ2n) is 7.15. The topological polar surface area (TPSA) is 54.0 Å². The maximum absolute atomic E-state index is 12.4. The van der Waals surface area contributed by atoms with E-state index in [0.29, 0.717) is 0 Å². The van der Waals surface area contributed by atoms with E-state index in [9.17, 15) is 4.79 Å². The highest BCUT2D eigenvalue weighted by Crippen LogP contribution is 2.53. The van der Waals surface area contributed by atoms with E-state index in [0.717, 1.165) is 5.20 Å². The Balaban J connectivity index is 2.03. The molecule has 5 nitrogen and oxygen atoms in total. The number of methoxy groups -OCH3 is 1. The molecule has 20 heavy (non-hydrogen) atoms. The molecule has 0 aromatic carbocycles. The van der Waals surface area contributed by atoms with Crippen LogP contribution in [0.15, 0.2) is 11.3 Å². The Kier molecular flexibility index (Phi) is 2.89. The molecule has 0 radical (unpaired) electrons. The van der Waals surface area contributed by atoms with Gasteiger partial charge in [-0.1, -0.05) is 19.6 Å². The number of ketones is 1. The molecular weight excluding hydrogens is 276 g/mol. The maximum atomic E-state index is 12.4. The summed E-state index contributed by atoms with van der Waals surface area (Å²) in [5, 5.41) is 1.09. The molecule has 0 saturated carbocycles. The van der Waals surface area contributed by atoms with Crippen LogP contribution in [-0.4, -0.2) is 50.9 Å². The number of fused-ring (bicyclic) bond motifs is 2. The SMILES string of the molecule is COC1O[C@]2(C(=O)C=C2[Si](C)(C)C)C2OC(C)(C)OC12. The fraction of sp³-hybridized carbons (Fsp3) is 0.786. The molecule has 0 aromatic rings.